The van der Waals surface area contributed by atoms with Gasteiger partial charge in [-0.3, -0.25) is 4.21 Å². The van der Waals surface area contributed by atoms with Crippen LogP contribution >= 0.6 is 0 Å². The summed E-state index contributed by atoms with van der Waals surface area (Å²) in [5.41, 5.74) is 0. The van der Waals surface area contributed by atoms with E-state index in [-0.39, 0.29) is 0 Å². The fourth-order valence-electron chi connectivity index (χ4n) is 2.06. The molecule has 1 rings (SSSR count). The predicted octanol–water partition coefficient (Wildman–Crippen LogP) is 2.97. The van der Waals surface area contributed by atoms with Gasteiger partial charge in [-0.05, 0) is 44.0 Å². The quantitative estimate of drug-likeness (QED) is 0.757. The number of hydrogen-bond donors (Lipinski definition) is 1. The van der Waals surface area contributed by atoms with Crippen molar-refractivity contribution in [3.05, 3.63) is 24.3 Å². The van der Waals surface area contributed by atoms with Crippen LogP contribution in [-0.4, -0.2) is 29.7 Å². The second-order valence-corrected chi connectivity index (χ2v) is 6.10. The zero-order chi connectivity index (χ0) is 14.1. The molecule has 1 aromatic rings. The first-order valence-corrected chi connectivity index (χ1v) is 8.29. The third-order valence-electron chi connectivity index (χ3n) is 3.17. The number of hydrogen-bond acceptors (Lipinski definition) is 3. The predicted molar refractivity (Wildman–Crippen MR) is 81.3 cm³/mol. The van der Waals surface area contributed by atoms with E-state index in [4.69, 9.17) is 4.74 Å². The van der Waals surface area contributed by atoms with Crippen LogP contribution in [0.1, 0.15) is 33.1 Å². The Kier molecular flexibility index (Phi) is 7.75. The van der Waals surface area contributed by atoms with Crippen LogP contribution in [0.3, 0.4) is 0 Å². The van der Waals surface area contributed by atoms with Crippen molar-refractivity contribution < 1.29 is 8.95 Å². The monoisotopic (exact) mass is 283 g/mol. The minimum absolute atomic E-state index is 0.548. The topological polar surface area (TPSA) is 38.3 Å². The van der Waals surface area contributed by atoms with Crippen LogP contribution < -0.4 is 10.1 Å². The molecular formula is C15H25NO2S. The molecule has 2 atom stereocenters. The van der Waals surface area contributed by atoms with Crippen LogP contribution in [0, 0.1) is 0 Å². The van der Waals surface area contributed by atoms with Crippen molar-refractivity contribution in [3.63, 3.8) is 0 Å². The van der Waals surface area contributed by atoms with Crippen molar-refractivity contribution in [3.8, 4) is 5.75 Å². The van der Waals surface area contributed by atoms with Gasteiger partial charge in [-0.2, -0.15) is 0 Å². The van der Waals surface area contributed by atoms with Crippen molar-refractivity contribution in [1.82, 2.24) is 5.32 Å². The van der Waals surface area contributed by atoms with Crippen molar-refractivity contribution in [1.29, 1.82) is 0 Å². The van der Waals surface area contributed by atoms with Gasteiger partial charge in [0.15, 0.2) is 0 Å². The first kappa shape index (κ1) is 16.2. The molecule has 1 N–H and O–H groups in total. The second-order valence-electron chi connectivity index (χ2n) is 4.53. The molecule has 2 unspecified atom stereocenters. The fourth-order valence-corrected chi connectivity index (χ4v) is 3.20. The van der Waals surface area contributed by atoms with Crippen LogP contribution in [0.4, 0.5) is 0 Å². The van der Waals surface area contributed by atoms with Gasteiger partial charge in [-0.1, -0.05) is 19.9 Å². The maximum atomic E-state index is 12.2. The highest BCUT2D eigenvalue weighted by molar-refractivity contribution is 7.85. The lowest BCUT2D eigenvalue weighted by Crippen LogP contribution is -2.28. The summed E-state index contributed by atoms with van der Waals surface area (Å²) in [4.78, 5) is 0.857. The average Bonchev–Trinajstić information content (AvgIpc) is 2.46. The van der Waals surface area contributed by atoms with Crippen LogP contribution in [-0.2, 0) is 10.8 Å². The third-order valence-corrected chi connectivity index (χ3v) is 4.61. The SMILES string of the molecule is CCNC(CC)CCCS(=O)c1cccc(OC)c1. The molecule has 0 saturated carbocycles. The van der Waals surface area contributed by atoms with Gasteiger partial charge in [0.25, 0.3) is 0 Å². The molecule has 0 heterocycles. The van der Waals surface area contributed by atoms with Crippen LogP contribution in [0.2, 0.25) is 0 Å². The summed E-state index contributed by atoms with van der Waals surface area (Å²) in [6.45, 7) is 5.31. The molecule has 3 nitrogen and oxygen atoms in total. The van der Waals surface area contributed by atoms with E-state index in [1.54, 1.807) is 7.11 Å². The maximum absolute atomic E-state index is 12.2. The van der Waals surface area contributed by atoms with Gasteiger partial charge in [0.05, 0.1) is 17.9 Å². The van der Waals surface area contributed by atoms with E-state index in [1.807, 2.05) is 24.3 Å². The Morgan fingerprint density at radius 1 is 1.37 bits per heavy atom. The highest BCUT2D eigenvalue weighted by Gasteiger charge is 2.08. The zero-order valence-corrected chi connectivity index (χ0v) is 13.0. The Labute approximate surface area is 119 Å². The summed E-state index contributed by atoms with van der Waals surface area (Å²) in [5.74, 6) is 1.49. The molecule has 0 aliphatic heterocycles. The fraction of sp³-hybridized carbons (Fsp3) is 0.600. The molecule has 0 amide bonds. The van der Waals surface area contributed by atoms with Gasteiger partial charge in [0.1, 0.15) is 5.75 Å². The second kappa shape index (κ2) is 9.10. The van der Waals surface area contributed by atoms with E-state index in [0.29, 0.717) is 6.04 Å². The minimum Gasteiger partial charge on any atom is -0.497 e. The summed E-state index contributed by atoms with van der Waals surface area (Å²) in [6, 6.07) is 8.07. The molecule has 0 aliphatic rings. The van der Waals surface area contributed by atoms with Gasteiger partial charge < -0.3 is 10.1 Å². The van der Waals surface area contributed by atoms with E-state index in [1.165, 1.54) is 0 Å². The lowest BCUT2D eigenvalue weighted by Gasteiger charge is -2.15. The molecular weight excluding hydrogens is 258 g/mol. The summed E-state index contributed by atoms with van der Waals surface area (Å²) in [5, 5.41) is 3.45. The molecule has 0 saturated heterocycles. The van der Waals surface area contributed by atoms with Gasteiger partial charge in [0.2, 0.25) is 0 Å². The molecule has 19 heavy (non-hydrogen) atoms. The Bertz CT molecular complexity index is 395. The third kappa shape index (κ3) is 5.74. The van der Waals surface area contributed by atoms with E-state index in [2.05, 4.69) is 19.2 Å². The molecule has 108 valence electrons. The molecule has 0 spiro atoms. The maximum Gasteiger partial charge on any atom is 0.120 e. The average molecular weight is 283 g/mol. The zero-order valence-electron chi connectivity index (χ0n) is 12.1. The number of ether oxygens (including phenoxy) is 1. The lowest BCUT2D eigenvalue weighted by molar-refractivity contribution is 0.413. The van der Waals surface area contributed by atoms with Gasteiger partial charge in [-0.25, -0.2) is 0 Å². The Morgan fingerprint density at radius 3 is 2.79 bits per heavy atom. The summed E-state index contributed by atoms with van der Waals surface area (Å²) in [6.07, 6.45) is 3.19. The minimum atomic E-state index is -0.925. The van der Waals surface area contributed by atoms with E-state index >= 15 is 0 Å². The smallest absolute Gasteiger partial charge is 0.120 e. The highest BCUT2D eigenvalue weighted by Crippen LogP contribution is 2.16. The number of rotatable bonds is 9. The largest absolute Gasteiger partial charge is 0.497 e. The molecule has 1 aromatic carbocycles. The number of benzene rings is 1. The first-order valence-electron chi connectivity index (χ1n) is 6.97. The van der Waals surface area contributed by atoms with E-state index in [9.17, 15) is 4.21 Å². The van der Waals surface area contributed by atoms with Gasteiger partial charge in [-0.15, -0.1) is 0 Å². The molecule has 0 fully saturated rings. The normalized spacial score (nSPS) is 14.1. The first-order chi connectivity index (χ1) is 9.21. The summed E-state index contributed by atoms with van der Waals surface area (Å²) < 4.78 is 17.3. The standard InChI is InChI=1S/C15H25NO2S/c1-4-13(16-5-2)8-7-11-19(17)15-10-6-9-14(12-15)18-3/h6,9-10,12-13,16H,4-5,7-8,11H2,1-3H3. The Balaban J connectivity index is 2.42. The molecule has 4 heteroatoms. The molecule has 0 aromatic heterocycles. The van der Waals surface area contributed by atoms with Crippen LogP contribution in [0.5, 0.6) is 5.75 Å². The van der Waals surface area contributed by atoms with Crippen LogP contribution in [0.25, 0.3) is 0 Å². The van der Waals surface area contributed by atoms with Crippen molar-refractivity contribution >= 4 is 10.8 Å². The van der Waals surface area contributed by atoms with Crippen molar-refractivity contribution in [2.24, 2.45) is 0 Å². The molecule has 0 bridgehead atoms. The van der Waals surface area contributed by atoms with Crippen molar-refractivity contribution in [2.75, 3.05) is 19.4 Å². The highest BCUT2D eigenvalue weighted by atomic mass is 32.2. The Morgan fingerprint density at radius 2 is 2.16 bits per heavy atom. The van der Waals surface area contributed by atoms with E-state index in [0.717, 1.165) is 42.2 Å². The molecule has 0 aliphatic carbocycles. The molecule has 0 radical (unpaired) electrons. The van der Waals surface area contributed by atoms with Crippen molar-refractivity contribution in [2.45, 2.75) is 44.0 Å². The van der Waals surface area contributed by atoms with Gasteiger partial charge in [0, 0.05) is 16.7 Å². The Hall–Kier alpha value is -0.870. The number of nitrogens with one attached hydrogen (secondary N) is 1. The number of methoxy groups -OCH3 is 1. The van der Waals surface area contributed by atoms with E-state index < -0.39 is 10.8 Å². The summed E-state index contributed by atoms with van der Waals surface area (Å²) in [7, 11) is 0.704. The van der Waals surface area contributed by atoms with Gasteiger partial charge >= 0.3 is 0 Å². The van der Waals surface area contributed by atoms with Crippen LogP contribution in [0.15, 0.2) is 29.2 Å². The summed E-state index contributed by atoms with van der Waals surface area (Å²) >= 11 is 0. The lowest BCUT2D eigenvalue weighted by atomic mass is 10.1.